The highest BCUT2D eigenvalue weighted by Crippen LogP contribution is 2.22. The van der Waals surface area contributed by atoms with E-state index in [-0.39, 0.29) is 0 Å². The van der Waals surface area contributed by atoms with Gasteiger partial charge in [-0.3, -0.25) is 0 Å². The molecule has 0 saturated carbocycles. The van der Waals surface area contributed by atoms with Crippen LogP contribution < -0.4 is 0 Å². The van der Waals surface area contributed by atoms with E-state index in [9.17, 15) is 0 Å². The van der Waals surface area contributed by atoms with Gasteiger partial charge in [-0.2, -0.15) is 0 Å². The zero-order valence-corrected chi connectivity index (χ0v) is 8.96. The second-order valence-corrected chi connectivity index (χ2v) is 3.76. The number of nitrogens with zero attached hydrogens (tertiary/aromatic N) is 2. The average Bonchev–Trinajstić information content (AvgIpc) is 2.60. The Kier molecular flexibility index (Phi) is 2.73. The number of pyridine rings is 1. The molecule has 0 spiro atoms. The molecule has 14 heavy (non-hydrogen) atoms. The Morgan fingerprint density at radius 1 is 1.43 bits per heavy atom. The van der Waals surface area contributed by atoms with Gasteiger partial charge in [0.05, 0.1) is 5.52 Å². The van der Waals surface area contributed by atoms with E-state index in [4.69, 9.17) is 11.6 Å². The summed E-state index contributed by atoms with van der Waals surface area (Å²) < 4.78 is 2.23. The number of rotatable bonds is 3. The fourth-order valence-corrected chi connectivity index (χ4v) is 1.83. The molecule has 0 aliphatic rings. The molecule has 0 amide bonds. The zero-order valence-electron chi connectivity index (χ0n) is 8.20. The third-order valence-electron chi connectivity index (χ3n) is 2.40. The molecule has 0 radical (unpaired) electrons. The molecular formula is C11H13ClN2. The first kappa shape index (κ1) is 9.53. The van der Waals surface area contributed by atoms with E-state index in [1.807, 2.05) is 12.1 Å². The minimum atomic E-state index is 0.595. The predicted octanol–water partition coefficient (Wildman–Crippen LogP) is 3.49. The van der Waals surface area contributed by atoms with Crippen molar-refractivity contribution in [1.82, 2.24) is 9.55 Å². The largest absolute Gasteiger partial charge is 0.347 e. The van der Waals surface area contributed by atoms with Crippen LogP contribution in [0.4, 0.5) is 0 Å². The minimum absolute atomic E-state index is 0.595. The molecule has 2 rings (SSSR count). The Bertz CT molecular complexity index is 434. The summed E-state index contributed by atoms with van der Waals surface area (Å²) in [5.74, 6) is 0. The second kappa shape index (κ2) is 4.01. The van der Waals surface area contributed by atoms with Crippen LogP contribution in [0.3, 0.4) is 0 Å². The lowest BCUT2D eigenvalue weighted by Gasteiger charge is -2.03. The predicted molar refractivity (Wildman–Crippen MR) is 59.7 cm³/mol. The van der Waals surface area contributed by atoms with Crippen LogP contribution in [0.15, 0.2) is 24.5 Å². The topological polar surface area (TPSA) is 17.8 Å². The number of aromatic nitrogens is 2. The molecule has 74 valence electrons. The summed E-state index contributed by atoms with van der Waals surface area (Å²) in [5, 5.41) is 1.64. The van der Waals surface area contributed by atoms with Crippen LogP contribution in [0.2, 0.25) is 5.15 Å². The SMILES string of the molecule is CCCCn1ccc2c(Cl)nccc21. The Balaban J connectivity index is 2.42. The number of halogens is 1. The van der Waals surface area contributed by atoms with Crippen molar-refractivity contribution in [2.24, 2.45) is 0 Å². The number of aryl methyl sites for hydroxylation is 1. The van der Waals surface area contributed by atoms with E-state index in [2.05, 4.69) is 22.7 Å². The first-order chi connectivity index (χ1) is 6.83. The van der Waals surface area contributed by atoms with Gasteiger partial charge in [0, 0.05) is 24.3 Å². The van der Waals surface area contributed by atoms with E-state index in [1.54, 1.807) is 6.20 Å². The van der Waals surface area contributed by atoms with Gasteiger partial charge in [-0.25, -0.2) is 4.98 Å². The molecule has 0 N–H and O–H groups in total. The molecule has 0 aromatic carbocycles. The normalized spacial score (nSPS) is 11.0. The number of fused-ring (bicyclic) bond motifs is 1. The number of unbranched alkanes of at least 4 members (excludes halogenated alkanes) is 1. The standard InChI is InChI=1S/C11H13ClN2/c1-2-3-7-14-8-5-9-10(14)4-6-13-11(9)12/h4-6,8H,2-3,7H2,1H3. The second-order valence-electron chi connectivity index (χ2n) is 3.40. The van der Waals surface area contributed by atoms with E-state index in [0.717, 1.165) is 11.9 Å². The van der Waals surface area contributed by atoms with E-state index >= 15 is 0 Å². The van der Waals surface area contributed by atoms with Gasteiger partial charge in [-0.05, 0) is 18.6 Å². The van der Waals surface area contributed by atoms with Crippen LogP contribution in [-0.2, 0) is 6.54 Å². The molecule has 0 unspecified atom stereocenters. The summed E-state index contributed by atoms with van der Waals surface area (Å²) in [6.45, 7) is 3.25. The van der Waals surface area contributed by atoms with Crippen molar-refractivity contribution >= 4 is 22.5 Å². The van der Waals surface area contributed by atoms with Crippen molar-refractivity contribution in [3.05, 3.63) is 29.7 Å². The first-order valence-electron chi connectivity index (χ1n) is 4.92. The van der Waals surface area contributed by atoms with E-state index < -0.39 is 0 Å². The highest BCUT2D eigenvalue weighted by Gasteiger charge is 2.03. The van der Waals surface area contributed by atoms with Gasteiger partial charge in [0.2, 0.25) is 0 Å². The Labute approximate surface area is 88.5 Å². The summed E-state index contributed by atoms with van der Waals surface area (Å²) in [5.41, 5.74) is 1.18. The van der Waals surface area contributed by atoms with Crippen molar-refractivity contribution in [3.63, 3.8) is 0 Å². The van der Waals surface area contributed by atoms with Gasteiger partial charge in [-0.15, -0.1) is 0 Å². The molecule has 0 atom stereocenters. The maximum absolute atomic E-state index is 5.98. The Morgan fingerprint density at radius 3 is 3.07 bits per heavy atom. The Hall–Kier alpha value is -1.02. The van der Waals surface area contributed by atoms with Crippen LogP contribution in [0.1, 0.15) is 19.8 Å². The van der Waals surface area contributed by atoms with Crippen molar-refractivity contribution in [1.29, 1.82) is 0 Å². The summed E-state index contributed by atoms with van der Waals surface area (Å²) in [7, 11) is 0. The Morgan fingerprint density at radius 2 is 2.29 bits per heavy atom. The molecule has 2 aromatic heterocycles. The van der Waals surface area contributed by atoms with Crippen molar-refractivity contribution < 1.29 is 0 Å². The van der Waals surface area contributed by atoms with Crippen LogP contribution >= 0.6 is 11.6 Å². The van der Waals surface area contributed by atoms with E-state index in [0.29, 0.717) is 5.15 Å². The van der Waals surface area contributed by atoms with Crippen LogP contribution in [0, 0.1) is 0 Å². The third kappa shape index (κ3) is 1.62. The molecular weight excluding hydrogens is 196 g/mol. The van der Waals surface area contributed by atoms with Gasteiger partial charge < -0.3 is 4.57 Å². The summed E-state index contributed by atoms with van der Waals surface area (Å²) in [6.07, 6.45) is 6.24. The average molecular weight is 209 g/mol. The molecule has 3 heteroatoms. The van der Waals surface area contributed by atoms with Gasteiger partial charge >= 0.3 is 0 Å². The fraction of sp³-hybridized carbons (Fsp3) is 0.364. The first-order valence-corrected chi connectivity index (χ1v) is 5.30. The van der Waals surface area contributed by atoms with Gasteiger partial charge in [0.25, 0.3) is 0 Å². The summed E-state index contributed by atoms with van der Waals surface area (Å²) in [4.78, 5) is 4.05. The molecule has 0 saturated heterocycles. The fourth-order valence-electron chi connectivity index (χ4n) is 1.61. The number of hydrogen-bond donors (Lipinski definition) is 0. The molecule has 0 bridgehead atoms. The molecule has 2 heterocycles. The lowest BCUT2D eigenvalue weighted by molar-refractivity contribution is 0.650. The maximum Gasteiger partial charge on any atom is 0.138 e. The quantitative estimate of drug-likeness (QED) is 0.707. The molecule has 0 aliphatic heterocycles. The van der Waals surface area contributed by atoms with Crippen molar-refractivity contribution in [2.45, 2.75) is 26.3 Å². The maximum atomic E-state index is 5.98. The van der Waals surface area contributed by atoms with Gasteiger partial charge in [0.1, 0.15) is 5.15 Å². The monoisotopic (exact) mass is 208 g/mol. The van der Waals surface area contributed by atoms with Crippen LogP contribution in [-0.4, -0.2) is 9.55 Å². The van der Waals surface area contributed by atoms with Crippen LogP contribution in [0.5, 0.6) is 0 Å². The number of hydrogen-bond acceptors (Lipinski definition) is 1. The highest BCUT2D eigenvalue weighted by atomic mass is 35.5. The summed E-state index contributed by atoms with van der Waals surface area (Å²) >= 11 is 5.98. The third-order valence-corrected chi connectivity index (χ3v) is 2.70. The zero-order chi connectivity index (χ0) is 9.97. The van der Waals surface area contributed by atoms with Gasteiger partial charge in [0.15, 0.2) is 0 Å². The lowest BCUT2D eigenvalue weighted by atomic mass is 10.3. The molecule has 0 aliphatic carbocycles. The van der Waals surface area contributed by atoms with Gasteiger partial charge in [-0.1, -0.05) is 24.9 Å². The smallest absolute Gasteiger partial charge is 0.138 e. The van der Waals surface area contributed by atoms with Crippen molar-refractivity contribution in [2.75, 3.05) is 0 Å². The molecule has 2 nitrogen and oxygen atoms in total. The van der Waals surface area contributed by atoms with Crippen molar-refractivity contribution in [3.8, 4) is 0 Å². The summed E-state index contributed by atoms with van der Waals surface area (Å²) in [6, 6.07) is 4.04. The highest BCUT2D eigenvalue weighted by molar-refractivity contribution is 6.34. The minimum Gasteiger partial charge on any atom is -0.347 e. The molecule has 0 fully saturated rings. The van der Waals surface area contributed by atoms with Crippen LogP contribution in [0.25, 0.3) is 10.9 Å². The molecule has 2 aromatic rings. The lowest BCUT2D eigenvalue weighted by Crippen LogP contribution is -1.94. The van der Waals surface area contributed by atoms with E-state index in [1.165, 1.54) is 18.4 Å².